The van der Waals surface area contributed by atoms with Crippen LogP contribution < -0.4 is 4.74 Å². The monoisotopic (exact) mass is 447 g/mol. The smallest absolute Gasteiger partial charge is 0.416 e. The van der Waals surface area contributed by atoms with Gasteiger partial charge in [-0.15, -0.1) is 0 Å². The van der Waals surface area contributed by atoms with E-state index in [1.54, 1.807) is 24.3 Å². The summed E-state index contributed by atoms with van der Waals surface area (Å²) in [6.45, 7) is 2.06. The number of nitrogens with zero attached hydrogens (tertiary/aromatic N) is 1. The SMILES string of the molecule is CCCC[C@@H](Oc1ccc(C=O)cc1Cl)c1cccc(-c2ccc(C(F)(F)F)cc2)n1. The predicted molar refractivity (Wildman–Crippen MR) is 114 cm³/mol. The summed E-state index contributed by atoms with van der Waals surface area (Å²) in [6.07, 6.45) is -1.54. The lowest BCUT2D eigenvalue weighted by Gasteiger charge is -2.20. The fourth-order valence-corrected chi connectivity index (χ4v) is 3.35. The van der Waals surface area contributed by atoms with E-state index in [-0.39, 0.29) is 0 Å². The van der Waals surface area contributed by atoms with Gasteiger partial charge in [0.15, 0.2) is 0 Å². The van der Waals surface area contributed by atoms with Crippen molar-refractivity contribution in [2.24, 2.45) is 0 Å². The van der Waals surface area contributed by atoms with Crippen LogP contribution in [0.15, 0.2) is 60.7 Å². The molecule has 2 aromatic carbocycles. The van der Waals surface area contributed by atoms with Crippen molar-refractivity contribution in [1.82, 2.24) is 4.98 Å². The average Bonchev–Trinajstić information content (AvgIpc) is 2.77. The molecule has 0 spiro atoms. The average molecular weight is 448 g/mol. The van der Waals surface area contributed by atoms with Crippen LogP contribution in [0.5, 0.6) is 5.75 Å². The van der Waals surface area contributed by atoms with Crippen molar-refractivity contribution in [1.29, 1.82) is 0 Å². The van der Waals surface area contributed by atoms with Gasteiger partial charge in [0.25, 0.3) is 0 Å². The number of pyridine rings is 1. The molecule has 0 radical (unpaired) electrons. The minimum absolute atomic E-state index is 0.324. The Kier molecular flexibility index (Phi) is 7.33. The molecule has 3 aromatic rings. The van der Waals surface area contributed by atoms with Crippen molar-refractivity contribution in [2.45, 2.75) is 38.5 Å². The first-order chi connectivity index (χ1) is 14.8. The third kappa shape index (κ3) is 5.85. The largest absolute Gasteiger partial charge is 0.483 e. The van der Waals surface area contributed by atoms with Crippen LogP contribution in [0.1, 0.15) is 53.9 Å². The lowest BCUT2D eigenvalue weighted by molar-refractivity contribution is -0.137. The summed E-state index contributed by atoms with van der Waals surface area (Å²) in [6, 6.07) is 15.1. The van der Waals surface area contributed by atoms with Crippen molar-refractivity contribution < 1.29 is 22.7 Å². The number of hydrogen-bond donors (Lipinski definition) is 0. The number of aldehydes is 1. The quantitative estimate of drug-likeness (QED) is 0.335. The fourth-order valence-electron chi connectivity index (χ4n) is 3.12. The zero-order valence-electron chi connectivity index (χ0n) is 16.8. The van der Waals surface area contributed by atoms with Gasteiger partial charge in [0.2, 0.25) is 0 Å². The van der Waals surface area contributed by atoms with Crippen LogP contribution in [0.25, 0.3) is 11.3 Å². The zero-order chi connectivity index (χ0) is 22.4. The Bertz CT molecular complexity index is 1040. The van der Waals surface area contributed by atoms with Crippen LogP contribution in [-0.2, 0) is 6.18 Å². The van der Waals surface area contributed by atoms with E-state index in [9.17, 15) is 18.0 Å². The highest BCUT2D eigenvalue weighted by molar-refractivity contribution is 6.32. The van der Waals surface area contributed by atoms with Crippen LogP contribution in [0.4, 0.5) is 13.2 Å². The Morgan fingerprint density at radius 3 is 2.45 bits per heavy atom. The Hall–Kier alpha value is -2.86. The van der Waals surface area contributed by atoms with Crippen LogP contribution >= 0.6 is 11.6 Å². The highest BCUT2D eigenvalue weighted by Gasteiger charge is 2.30. The first-order valence-corrected chi connectivity index (χ1v) is 10.3. The number of rotatable bonds is 8. The molecule has 31 heavy (non-hydrogen) atoms. The van der Waals surface area contributed by atoms with Gasteiger partial charge in [0, 0.05) is 11.1 Å². The normalized spacial score (nSPS) is 12.4. The number of aromatic nitrogens is 1. The summed E-state index contributed by atoms with van der Waals surface area (Å²) in [4.78, 5) is 15.6. The molecule has 0 amide bonds. The van der Waals surface area contributed by atoms with Crippen LogP contribution in [0.2, 0.25) is 5.02 Å². The van der Waals surface area contributed by atoms with Gasteiger partial charge in [-0.2, -0.15) is 13.2 Å². The summed E-state index contributed by atoms with van der Waals surface area (Å²) in [5.41, 5.74) is 1.53. The minimum atomic E-state index is -4.38. The minimum Gasteiger partial charge on any atom is -0.483 e. The molecule has 0 aliphatic rings. The maximum Gasteiger partial charge on any atom is 0.416 e. The first-order valence-electron chi connectivity index (χ1n) is 9.87. The Morgan fingerprint density at radius 1 is 1.10 bits per heavy atom. The number of hydrogen-bond acceptors (Lipinski definition) is 3. The van der Waals surface area contributed by atoms with Crippen molar-refractivity contribution in [3.63, 3.8) is 0 Å². The number of benzene rings is 2. The third-order valence-corrected chi connectivity index (χ3v) is 5.08. The summed E-state index contributed by atoms with van der Waals surface area (Å²) >= 11 is 6.26. The number of halogens is 4. The molecule has 1 heterocycles. The standard InChI is InChI=1S/C24H21ClF3NO2/c1-2-3-7-23(31-22-13-8-16(15-30)14-19(22)25)21-6-4-5-20(29-21)17-9-11-18(12-10-17)24(26,27)28/h4-6,8-15,23H,2-3,7H2,1H3/t23-/m1/s1. The second kappa shape index (κ2) is 9.96. The molecule has 0 N–H and O–H groups in total. The fraction of sp³-hybridized carbons (Fsp3) is 0.250. The summed E-state index contributed by atoms with van der Waals surface area (Å²) < 4.78 is 44.6. The first kappa shape index (κ1) is 22.8. The lowest BCUT2D eigenvalue weighted by atomic mass is 10.1. The molecule has 0 fully saturated rings. The Morgan fingerprint density at radius 2 is 1.84 bits per heavy atom. The number of alkyl halides is 3. The van der Waals surface area contributed by atoms with E-state index in [4.69, 9.17) is 16.3 Å². The van der Waals surface area contributed by atoms with E-state index in [0.717, 1.165) is 25.0 Å². The van der Waals surface area contributed by atoms with Gasteiger partial charge in [0.05, 0.1) is 22.0 Å². The van der Waals surface area contributed by atoms with Crippen molar-refractivity contribution in [2.75, 3.05) is 0 Å². The molecule has 0 saturated carbocycles. The summed E-state index contributed by atoms with van der Waals surface area (Å²) in [5.74, 6) is 0.440. The van der Waals surface area contributed by atoms with Gasteiger partial charge in [0.1, 0.15) is 18.1 Å². The van der Waals surface area contributed by atoms with Gasteiger partial charge < -0.3 is 4.74 Å². The van der Waals surface area contributed by atoms with Gasteiger partial charge in [-0.3, -0.25) is 4.79 Å². The molecule has 0 bridgehead atoms. The molecule has 3 nitrogen and oxygen atoms in total. The Labute approximate surface area is 183 Å². The molecule has 1 atom stereocenters. The molecule has 1 aromatic heterocycles. The molecule has 3 rings (SSSR count). The van der Waals surface area contributed by atoms with E-state index in [1.807, 2.05) is 6.07 Å². The predicted octanol–water partition coefficient (Wildman–Crippen LogP) is 7.54. The number of unbranched alkanes of at least 4 members (excludes halogenated alkanes) is 1. The molecule has 162 valence electrons. The third-order valence-electron chi connectivity index (χ3n) is 4.79. The molecule has 0 aliphatic heterocycles. The molecular formula is C24H21ClF3NO2. The maximum atomic E-state index is 12.8. The molecule has 7 heteroatoms. The van der Waals surface area contributed by atoms with E-state index in [0.29, 0.717) is 46.0 Å². The van der Waals surface area contributed by atoms with Crippen molar-refractivity contribution >= 4 is 17.9 Å². The Balaban J connectivity index is 1.89. The van der Waals surface area contributed by atoms with E-state index < -0.39 is 17.8 Å². The zero-order valence-corrected chi connectivity index (χ0v) is 17.6. The highest BCUT2D eigenvalue weighted by Crippen LogP contribution is 2.33. The lowest BCUT2D eigenvalue weighted by Crippen LogP contribution is -2.10. The van der Waals surface area contributed by atoms with Gasteiger partial charge >= 0.3 is 6.18 Å². The highest BCUT2D eigenvalue weighted by atomic mass is 35.5. The van der Waals surface area contributed by atoms with Crippen molar-refractivity contribution in [3.8, 4) is 17.0 Å². The molecule has 0 saturated heterocycles. The van der Waals surface area contributed by atoms with Gasteiger partial charge in [-0.1, -0.05) is 43.1 Å². The van der Waals surface area contributed by atoms with E-state index in [2.05, 4.69) is 11.9 Å². The maximum absolute atomic E-state index is 12.8. The van der Waals surface area contributed by atoms with Gasteiger partial charge in [-0.05, 0) is 55.3 Å². The van der Waals surface area contributed by atoms with Crippen LogP contribution in [0, 0.1) is 0 Å². The van der Waals surface area contributed by atoms with E-state index >= 15 is 0 Å². The summed E-state index contributed by atoms with van der Waals surface area (Å²) in [5, 5.41) is 0.324. The summed E-state index contributed by atoms with van der Waals surface area (Å²) in [7, 11) is 0. The molecular weight excluding hydrogens is 427 g/mol. The topological polar surface area (TPSA) is 39.2 Å². The molecule has 0 aliphatic carbocycles. The number of carbonyl (C=O) groups is 1. The van der Waals surface area contributed by atoms with Crippen molar-refractivity contribution in [3.05, 3.63) is 82.5 Å². The van der Waals surface area contributed by atoms with Crippen LogP contribution in [-0.4, -0.2) is 11.3 Å². The number of carbonyl (C=O) groups excluding carboxylic acids is 1. The number of ether oxygens (including phenoxy) is 1. The van der Waals surface area contributed by atoms with Crippen LogP contribution in [0.3, 0.4) is 0 Å². The van der Waals surface area contributed by atoms with E-state index in [1.165, 1.54) is 18.2 Å². The van der Waals surface area contributed by atoms with Gasteiger partial charge in [-0.25, -0.2) is 4.98 Å². The second-order valence-electron chi connectivity index (χ2n) is 7.08. The second-order valence-corrected chi connectivity index (χ2v) is 7.49. The molecule has 0 unspecified atom stereocenters.